The SMILES string of the molecule is CCOC(=O)c1cc2cc(C(=O)CC(c3cccc(C(F)(F)F)c3)C(F)(F)F)n(CC)c2cc1Cl. The summed E-state index contributed by atoms with van der Waals surface area (Å²) in [4.78, 5) is 25.2. The van der Waals surface area contributed by atoms with E-state index in [1.165, 1.54) is 22.8 Å². The molecule has 0 radical (unpaired) electrons. The Morgan fingerprint density at radius 1 is 1.03 bits per heavy atom. The maximum Gasteiger partial charge on any atom is 0.416 e. The largest absolute Gasteiger partial charge is 0.462 e. The van der Waals surface area contributed by atoms with Crippen molar-refractivity contribution >= 4 is 34.3 Å². The van der Waals surface area contributed by atoms with Crippen LogP contribution < -0.4 is 0 Å². The van der Waals surface area contributed by atoms with Gasteiger partial charge in [0.25, 0.3) is 0 Å². The maximum atomic E-state index is 13.9. The molecule has 1 aromatic heterocycles. The summed E-state index contributed by atoms with van der Waals surface area (Å²) in [5.74, 6) is -4.06. The van der Waals surface area contributed by atoms with Crippen LogP contribution in [0, 0.1) is 0 Å². The second-order valence-corrected chi connectivity index (χ2v) is 8.14. The highest BCUT2D eigenvalue weighted by Crippen LogP contribution is 2.41. The topological polar surface area (TPSA) is 48.3 Å². The Balaban J connectivity index is 2.04. The number of ether oxygens (including phenoxy) is 1. The number of halogens is 7. The summed E-state index contributed by atoms with van der Waals surface area (Å²) in [6.45, 7) is 3.56. The summed E-state index contributed by atoms with van der Waals surface area (Å²) in [6.07, 6.45) is -10.9. The van der Waals surface area contributed by atoms with Crippen molar-refractivity contribution in [3.05, 3.63) is 69.9 Å². The molecule has 0 saturated carbocycles. The number of aryl methyl sites for hydroxylation is 1. The van der Waals surface area contributed by atoms with Gasteiger partial charge in [-0.1, -0.05) is 29.8 Å². The molecule has 3 aromatic rings. The number of Topliss-reactive ketones (excluding diaryl/α,β-unsaturated/α-hetero) is 1. The molecule has 1 atom stereocenters. The fourth-order valence-electron chi connectivity index (χ4n) is 3.87. The first-order valence-electron chi connectivity index (χ1n) is 10.5. The van der Waals surface area contributed by atoms with Gasteiger partial charge in [-0.15, -0.1) is 0 Å². The van der Waals surface area contributed by atoms with Gasteiger partial charge in [-0.2, -0.15) is 26.3 Å². The molecule has 0 bridgehead atoms. The van der Waals surface area contributed by atoms with Crippen molar-refractivity contribution in [1.82, 2.24) is 4.57 Å². The Bertz CT molecular complexity index is 1260. The quantitative estimate of drug-likeness (QED) is 0.185. The molecule has 3 rings (SSSR count). The highest BCUT2D eigenvalue weighted by molar-refractivity contribution is 6.34. The van der Waals surface area contributed by atoms with Gasteiger partial charge in [0.2, 0.25) is 0 Å². The van der Waals surface area contributed by atoms with E-state index in [0.29, 0.717) is 23.0 Å². The number of fused-ring (bicyclic) bond motifs is 1. The van der Waals surface area contributed by atoms with Crippen LogP contribution in [-0.4, -0.2) is 29.1 Å². The molecule has 0 spiro atoms. The van der Waals surface area contributed by atoms with Crippen LogP contribution in [0.15, 0.2) is 42.5 Å². The van der Waals surface area contributed by atoms with Crippen molar-refractivity contribution in [2.45, 2.75) is 45.1 Å². The lowest BCUT2D eigenvalue weighted by molar-refractivity contribution is -0.150. The monoisotopic (exact) mass is 519 g/mol. The molecule has 35 heavy (non-hydrogen) atoms. The first kappa shape index (κ1) is 26.6. The fourth-order valence-corrected chi connectivity index (χ4v) is 4.10. The highest BCUT2D eigenvalue weighted by atomic mass is 35.5. The average Bonchev–Trinajstić information content (AvgIpc) is 3.13. The van der Waals surface area contributed by atoms with Gasteiger partial charge in [0.15, 0.2) is 5.78 Å². The van der Waals surface area contributed by atoms with E-state index in [-0.39, 0.29) is 29.4 Å². The predicted molar refractivity (Wildman–Crippen MR) is 118 cm³/mol. The van der Waals surface area contributed by atoms with Gasteiger partial charge in [-0.25, -0.2) is 4.79 Å². The first-order valence-corrected chi connectivity index (χ1v) is 10.9. The summed E-state index contributed by atoms with van der Waals surface area (Å²) < 4.78 is 87.1. The molecule has 1 unspecified atom stereocenters. The minimum Gasteiger partial charge on any atom is -0.462 e. The fraction of sp³-hybridized carbons (Fsp3) is 0.333. The van der Waals surface area contributed by atoms with E-state index < -0.39 is 47.6 Å². The number of ketones is 1. The number of hydrogen-bond acceptors (Lipinski definition) is 3. The van der Waals surface area contributed by atoms with Crippen LogP contribution >= 0.6 is 11.6 Å². The van der Waals surface area contributed by atoms with Crippen LogP contribution in [0.25, 0.3) is 10.9 Å². The van der Waals surface area contributed by atoms with Crippen LogP contribution in [0.5, 0.6) is 0 Å². The Morgan fingerprint density at radius 2 is 1.71 bits per heavy atom. The summed E-state index contributed by atoms with van der Waals surface area (Å²) >= 11 is 6.19. The zero-order valence-corrected chi connectivity index (χ0v) is 19.3. The normalized spacial score (nSPS) is 13.2. The minimum absolute atomic E-state index is 0.0328. The molecular weight excluding hydrogens is 500 g/mol. The molecule has 0 aliphatic carbocycles. The number of nitrogens with zero attached hydrogens (tertiary/aromatic N) is 1. The molecule has 188 valence electrons. The van der Waals surface area contributed by atoms with E-state index in [9.17, 15) is 35.9 Å². The van der Waals surface area contributed by atoms with E-state index in [1.54, 1.807) is 13.8 Å². The Labute approximate surface area is 201 Å². The molecule has 11 heteroatoms. The molecule has 0 aliphatic rings. The number of aromatic nitrogens is 1. The second kappa shape index (κ2) is 9.93. The summed E-state index contributed by atoms with van der Waals surface area (Å²) in [5, 5.41) is 0.421. The molecule has 0 fully saturated rings. The van der Waals surface area contributed by atoms with E-state index in [0.717, 1.165) is 12.1 Å². The van der Waals surface area contributed by atoms with E-state index in [1.807, 2.05) is 0 Å². The molecule has 0 saturated heterocycles. The second-order valence-electron chi connectivity index (χ2n) is 7.73. The number of carbonyl (C=O) groups excluding carboxylic acids is 2. The molecule has 0 N–H and O–H groups in total. The smallest absolute Gasteiger partial charge is 0.416 e. The summed E-state index contributed by atoms with van der Waals surface area (Å²) in [6, 6.07) is 7.00. The Hall–Kier alpha value is -3.01. The van der Waals surface area contributed by atoms with Crippen LogP contribution in [0.2, 0.25) is 5.02 Å². The zero-order chi connectivity index (χ0) is 26.1. The van der Waals surface area contributed by atoms with E-state index in [2.05, 4.69) is 0 Å². The first-order chi connectivity index (χ1) is 16.3. The molecule has 0 amide bonds. The van der Waals surface area contributed by atoms with Gasteiger partial charge in [-0.05, 0) is 43.7 Å². The summed E-state index contributed by atoms with van der Waals surface area (Å²) in [7, 11) is 0. The van der Waals surface area contributed by atoms with Gasteiger partial charge in [0.1, 0.15) is 0 Å². The van der Waals surface area contributed by atoms with Crippen molar-refractivity contribution in [2.75, 3.05) is 6.61 Å². The third-order valence-corrected chi connectivity index (χ3v) is 5.80. The number of esters is 1. The third-order valence-electron chi connectivity index (χ3n) is 5.49. The van der Waals surface area contributed by atoms with Crippen LogP contribution in [0.4, 0.5) is 26.3 Å². The molecular formula is C24H20ClF6NO3. The molecule has 1 heterocycles. The van der Waals surface area contributed by atoms with Crippen molar-refractivity contribution in [2.24, 2.45) is 0 Å². The van der Waals surface area contributed by atoms with E-state index >= 15 is 0 Å². The molecule has 2 aromatic carbocycles. The number of rotatable bonds is 7. The van der Waals surface area contributed by atoms with Crippen LogP contribution in [0.1, 0.15) is 58.2 Å². The number of hydrogen-bond donors (Lipinski definition) is 0. The van der Waals surface area contributed by atoms with E-state index in [4.69, 9.17) is 16.3 Å². The van der Waals surface area contributed by atoms with Gasteiger partial charge < -0.3 is 9.30 Å². The predicted octanol–water partition coefficient (Wildman–Crippen LogP) is 7.43. The Kier molecular flexibility index (Phi) is 7.54. The van der Waals surface area contributed by atoms with Crippen molar-refractivity contribution in [3.63, 3.8) is 0 Å². The standard InChI is InChI=1S/C24H20ClF6NO3/c1-3-32-19-12-18(25)16(22(34)35-4-2)9-14(19)10-20(32)21(33)11-17(24(29,30)31)13-6-5-7-15(8-13)23(26,27)28/h5-10,12,17H,3-4,11H2,1-2H3. The molecule has 0 aliphatic heterocycles. The minimum atomic E-state index is -4.97. The van der Waals surface area contributed by atoms with Gasteiger partial charge in [-0.3, -0.25) is 4.79 Å². The number of alkyl halides is 6. The maximum absolute atomic E-state index is 13.9. The van der Waals surface area contributed by atoms with Crippen LogP contribution in [-0.2, 0) is 17.5 Å². The number of benzene rings is 2. The van der Waals surface area contributed by atoms with Crippen molar-refractivity contribution in [3.8, 4) is 0 Å². The van der Waals surface area contributed by atoms with Crippen molar-refractivity contribution < 1.29 is 40.7 Å². The third kappa shape index (κ3) is 5.63. The molecule has 4 nitrogen and oxygen atoms in total. The lowest BCUT2D eigenvalue weighted by Crippen LogP contribution is -2.25. The van der Waals surface area contributed by atoms with Crippen LogP contribution in [0.3, 0.4) is 0 Å². The summed E-state index contributed by atoms with van der Waals surface area (Å²) in [5.41, 5.74) is -1.53. The zero-order valence-electron chi connectivity index (χ0n) is 18.6. The van der Waals surface area contributed by atoms with Gasteiger partial charge in [0, 0.05) is 18.4 Å². The Morgan fingerprint density at radius 3 is 2.29 bits per heavy atom. The lowest BCUT2D eigenvalue weighted by Gasteiger charge is -2.21. The van der Waals surface area contributed by atoms with Crippen molar-refractivity contribution in [1.29, 1.82) is 0 Å². The number of carbonyl (C=O) groups is 2. The van der Waals surface area contributed by atoms with Gasteiger partial charge in [0.05, 0.1) is 39.9 Å². The average molecular weight is 520 g/mol. The van der Waals surface area contributed by atoms with Gasteiger partial charge >= 0.3 is 18.3 Å². The lowest BCUT2D eigenvalue weighted by atomic mass is 9.91. The highest BCUT2D eigenvalue weighted by Gasteiger charge is 2.43.